The Balaban J connectivity index is 1.21. The predicted molar refractivity (Wildman–Crippen MR) is 115 cm³/mol. The van der Waals surface area contributed by atoms with E-state index in [4.69, 9.17) is 0 Å². The molecular weight excluding hydrogens is 379 g/mol. The number of nitrogens with zero attached hydrogens (tertiary/aromatic N) is 4. The standard InChI is InChI=1S/C24H27FN4O/c25-20-9-7-18(8-10-20)11-13-27-12-3-4-19(16-27)17-28-14-15-29-23(24(28)30)21-5-1-2-6-22(21)26-29/h1-2,5-10,19H,3-4,11-17H2. The molecular formula is C24H27FN4O. The molecule has 5 rings (SSSR count). The normalized spacial score (nSPS) is 20.0. The third-order valence-electron chi connectivity index (χ3n) is 6.43. The molecule has 0 saturated carbocycles. The van der Waals surface area contributed by atoms with E-state index < -0.39 is 0 Å². The maximum atomic E-state index is 13.2. The van der Waals surface area contributed by atoms with E-state index in [0.717, 1.165) is 75.1 Å². The molecule has 0 radical (unpaired) electrons. The molecule has 2 aromatic carbocycles. The van der Waals surface area contributed by atoms with Crippen molar-refractivity contribution in [3.8, 4) is 0 Å². The summed E-state index contributed by atoms with van der Waals surface area (Å²) in [5, 5.41) is 5.55. The van der Waals surface area contributed by atoms with Gasteiger partial charge in [-0.1, -0.05) is 30.3 Å². The van der Waals surface area contributed by atoms with Crippen molar-refractivity contribution >= 4 is 16.8 Å². The van der Waals surface area contributed by atoms with Crippen molar-refractivity contribution in [3.05, 3.63) is 65.6 Å². The highest BCUT2D eigenvalue weighted by Crippen LogP contribution is 2.25. The van der Waals surface area contributed by atoms with Gasteiger partial charge in [-0.25, -0.2) is 4.39 Å². The van der Waals surface area contributed by atoms with Crippen molar-refractivity contribution < 1.29 is 9.18 Å². The van der Waals surface area contributed by atoms with E-state index in [0.29, 0.717) is 5.92 Å². The first-order valence-corrected chi connectivity index (χ1v) is 10.9. The van der Waals surface area contributed by atoms with E-state index in [1.807, 2.05) is 46.0 Å². The number of piperidine rings is 1. The zero-order chi connectivity index (χ0) is 20.5. The summed E-state index contributed by atoms with van der Waals surface area (Å²) in [5.74, 6) is 0.423. The number of likely N-dealkylation sites (tertiary alicyclic amines) is 1. The summed E-state index contributed by atoms with van der Waals surface area (Å²) >= 11 is 0. The molecule has 0 spiro atoms. The molecule has 2 aliphatic heterocycles. The van der Waals surface area contributed by atoms with Gasteiger partial charge in [0.1, 0.15) is 11.5 Å². The van der Waals surface area contributed by atoms with Crippen molar-refractivity contribution in [2.75, 3.05) is 32.7 Å². The summed E-state index contributed by atoms with van der Waals surface area (Å²) in [6, 6.07) is 14.7. The molecule has 0 aliphatic carbocycles. The molecule has 3 aromatic rings. The van der Waals surface area contributed by atoms with Crippen molar-refractivity contribution in [1.82, 2.24) is 19.6 Å². The molecule has 0 bridgehead atoms. The largest absolute Gasteiger partial charge is 0.335 e. The molecule has 1 amide bonds. The van der Waals surface area contributed by atoms with Crippen LogP contribution in [0, 0.1) is 11.7 Å². The molecule has 1 fully saturated rings. The number of carbonyl (C=O) groups excluding carboxylic acids is 1. The molecule has 156 valence electrons. The van der Waals surface area contributed by atoms with Crippen LogP contribution in [0.2, 0.25) is 0 Å². The zero-order valence-corrected chi connectivity index (χ0v) is 17.1. The van der Waals surface area contributed by atoms with Crippen LogP contribution in [0.3, 0.4) is 0 Å². The molecule has 3 heterocycles. The highest BCUT2D eigenvalue weighted by Gasteiger charge is 2.31. The molecule has 0 N–H and O–H groups in total. The van der Waals surface area contributed by atoms with Gasteiger partial charge in [0, 0.05) is 31.6 Å². The number of benzene rings is 2. The van der Waals surface area contributed by atoms with Gasteiger partial charge in [0.15, 0.2) is 0 Å². The van der Waals surface area contributed by atoms with Gasteiger partial charge < -0.3 is 9.80 Å². The van der Waals surface area contributed by atoms with Gasteiger partial charge in [-0.05, 0) is 55.5 Å². The molecule has 1 atom stereocenters. The minimum absolute atomic E-state index is 0.110. The van der Waals surface area contributed by atoms with E-state index >= 15 is 0 Å². The average Bonchev–Trinajstić information content (AvgIpc) is 3.15. The second-order valence-corrected chi connectivity index (χ2v) is 8.53. The van der Waals surface area contributed by atoms with Gasteiger partial charge in [-0.2, -0.15) is 5.10 Å². The minimum atomic E-state index is -0.183. The van der Waals surface area contributed by atoms with E-state index in [1.54, 1.807) is 0 Å². The van der Waals surface area contributed by atoms with E-state index in [-0.39, 0.29) is 11.7 Å². The maximum Gasteiger partial charge on any atom is 0.272 e. The molecule has 1 aromatic heterocycles. The van der Waals surface area contributed by atoms with Crippen molar-refractivity contribution in [2.24, 2.45) is 5.92 Å². The Bertz CT molecular complexity index is 1050. The topological polar surface area (TPSA) is 41.4 Å². The van der Waals surface area contributed by atoms with Crippen LogP contribution in [0.5, 0.6) is 0 Å². The van der Waals surface area contributed by atoms with Crippen LogP contribution in [0.4, 0.5) is 4.39 Å². The SMILES string of the molecule is O=C1c2c3ccccc3nn2CCN1CC1CCCN(CCc2ccc(F)cc2)C1. The summed E-state index contributed by atoms with van der Waals surface area (Å²) < 4.78 is 15.0. The number of amides is 1. The van der Waals surface area contributed by atoms with Gasteiger partial charge >= 0.3 is 0 Å². The number of rotatable bonds is 5. The maximum absolute atomic E-state index is 13.2. The lowest BCUT2D eigenvalue weighted by molar-refractivity contribution is 0.0619. The van der Waals surface area contributed by atoms with Crippen LogP contribution >= 0.6 is 0 Å². The Labute approximate surface area is 176 Å². The van der Waals surface area contributed by atoms with Gasteiger partial charge in [-0.3, -0.25) is 9.48 Å². The van der Waals surface area contributed by atoms with Crippen LogP contribution < -0.4 is 0 Å². The molecule has 2 aliphatic rings. The van der Waals surface area contributed by atoms with Crippen molar-refractivity contribution in [2.45, 2.75) is 25.8 Å². The van der Waals surface area contributed by atoms with Gasteiger partial charge in [0.2, 0.25) is 0 Å². The Morgan fingerprint density at radius 1 is 1.03 bits per heavy atom. The third-order valence-corrected chi connectivity index (χ3v) is 6.43. The summed E-state index contributed by atoms with van der Waals surface area (Å²) in [7, 11) is 0. The first-order chi connectivity index (χ1) is 14.7. The van der Waals surface area contributed by atoms with E-state index in [1.165, 1.54) is 17.7 Å². The predicted octanol–water partition coefficient (Wildman–Crippen LogP) is 3.59. The van der Waals surface area contributed by atoms with E-state index in [2.05, 4.69) is 10.00 Å². The summed E-state index contributed by atoms with van der Waals surface area (Å²) in [6.07, 6.45) is 3.26. The summed E-state index contributed by atoms with van der Waals surface area (Å²) in [4.78, 5) is 17.7. The molecule has 1 saturated heterocycles. The Morgan fingerprint density at radius 3 is 2.73 bits per heavy atom. The van der Waals surface area contributed by atoms with E-state index in [9.17, 15) is 9.18 Å². The monoisotopic (exact) mass is 406 g/mol. The summed E-state index contributed by atoms with van der Waals surface area (Å²) in [6.45, 7) is 5.40. The van der Waals surface area contributed by atoms with Crippen LogP contribution in [0.25, 0.3) is 10.9 Å². The average molecular weight is 407 g/mol. The van der Waals surface area contributed by atoms with Crippen molar-refractivity contribution in [1.29, 1.82) is 0 Å². The minimum Gasteiger partial charge on any atom is -0.335 e. The van der Waals surface area contributed by atoms with Crippen LogP contribution in [-0.2, 0) is 13.0 Å². The lowest BCUT2D eigenvalue weighted by Gasteiger charge is -2.37. The molecule has 30 heavy (non-hydrogen) atoms. The smallest absolute Gasteiger partial charge is 0.272 e. The fraction of sp³-hybridized carbons (Fsp3) is 0.417. The van der Waals surface area contributed by atoms with Crippen LogP contribution in [-0.4, -0.2) is 58.2 Å². The second-order valence-electron chi connectivity index (χ2n) is 8.53. The lowest BCUT2D eigenvalue weighted by atomic mass is 9.96. The number of halogens is 1. The third kappa shape index (κ3) is 3.84. The lowest BCUT2D eigenvalue weighted by Crippen LogP contribution is -2.46. The van der Waals surface area contributed by atoms with Crippen molar-refractivity contribution in [3.63, 3.8) is 0 Å². The Kier molecular flexibility index (Phi) is 5.25. The number of fused-ring (bicyclic) bond motifs is 3. The summed E-state index contributed by atoms with van der Waals surface area (Å²) in [5.41, 5.74) is 2.80. The molecule has 1 unspecified atom stereocenters. The quantitative estimate of drug-likeness (QED) is 0.650. The van der Waals surface area contributed by atoms with Gasteiger partial charge in [0.05, 0.1) is 12.1 Å². The molecule has 5 nitrogen and oxygen atoms in total. The fourth-order valence-corrected chi connectivity index (χ4v) is 4.86. The number of carbonyl (C=O) groups is 1. The highest BCUT2D eigenvalue weighted by atomic mass is 19.1. The van der Waals surface area contributed by atoms with Crippen LogP contribution in [0.1, 0.15) is 28.9 Å². The van der Waals surface area contributed by atoms with Gasteiger partial charge in [-0.15, -0.1) is 0 Å². The first-order valence-electron chi connectivity index (χ1n) is 10.9. The number of hydrogen-bond acceptors (Lipinski definition) is 3. The second kappa shape index (κ2) is 8.19. The number of aromatic nitrogens is 2. The van der Waals surface area contributed by atoms with Gasteiger partial charge in [0.25, 0.3) is 5.91 Å². The Morgan fingerprint density at radius 2 is 1.87 bits per heavy atom. The highest BCUT2D eigenvalue weighted by molar-refractivity contribution is 6.05. The first kappa shape index (κ1) is 19.2. The molecule has 6 heteroatoms. The number of hydrogen-bond donors (Lipinski definition) is 0. The van der Waals surface area contributed by atoms with Crippen LogP contribution in [0.15, 0.2) is 48.5 Å². The zero-order valence-electron chi connectivity index (χ0n) is 17.1. The fourth-order valence-electron chi connectivity index (χ4n) is 4.86. The Hall–Kier alpha value is -2.73.